The molecule has 5 nitrogen and oxygen atoms in total. The maximum absolute atomic E-state index is 12.0. The van der Waals surface area contributed by atoms with Crippen molar-refractivity contribution in [3.63, 3.8) is 0 Å². The molecule has 5 heteroatoms. The highest BCUT2D eigenvalue weighted by atomic mass is 16.2. The van der Waals surface area contributed by atoms with E-state index in [9.17, 15) is 10.1 Å². The summed E-state index contributed by atoms with van der Waals surface area (Å²) < 4.78 is 0. The number of rotatable bonds is 4. The van der Waals surface area contributed by atoms with Crippen LogP contribution in [0.3, 0.4) is 0 Å². The van der Waals surface area contributed by atoms with Crippen molar-refractivity contribution in [2.24, 2.45) is 0 Å². The molecule has 1 atom stereocenters. The van der Waals surface area contributed by atoms with Crippen LogP contribution in [0.5, 0.6) is 0 Å². The Labute approximate surface area is 109 Å². The molecule has 1 amide bonds. The van der Waals surface area contributed by atoms with E-state index in [-0.39, 0.29) is 5.91 Å². The average molecular weight is 250 g/mol. The predicted octanol–water partition coefficient (Wildman–Crippen LogP) is 0.233. The van der Waals surface area contributed by atoms with Gasteiger partial charge in [-0.2, -0.15) is 5.26 Å². The van der Waals surface area contributed by atoms with E-state index < -0.39 is 5.54 Å². The lowest BCUT2D eigenvalue weighted by Crippen LogP contribution is -2.50. The van der Waals surface area contributed by atoms with Crippen molar-refractivity contribution in [1.82, 2.24) is 15.5 Å². The molecule has 0 aromatic rings. The van der Waals surface area contributed by atoms with Crippen molar-refractivity contribution in [2.75, 3.05) is 26.7 Å². The second kappa shape index (κ2) is 5.68. The number of nitriles is 1. The number of hydrogen-bond donors (Lipinski definition) is 2. The summed E-state index contributed by atoms with van der Waals surface area (Å²) in [5, 5.41) is 15.4. The van der Waals surface area contributed by atoms with Crippen LogP contribution in [0.4, 0.5) is 0 Å². The molecule has 0 spiro atoms. The first kappa shape index (κ1) is 13.3. The van der Waals surface area contributed by atoms with Gasteiger partial charge in [-0.15, -0.1) is 0 Å². The Kier molecular flexibility index (Phi) is 4.20. The normalized spacial score (nSPS) is 26.2. The molecular formula is C13H22N4O. The Hall–Kier alpha value is -1.12. The molecule has 0 aromatic carbocycles. The summed E-state index contributed by atoms with van der Waals surface area (Å²) >= 11 is 0. The minimum absolute atomic E-state index is 0.0205. The second-order valence-electron chi connectivity index (χ2n) is 5.51. The minimum Gasteiger partial charge on any atom is -0.337 e. The quantitative estimate of drug-likeness (QED) is 0.749. The van der Waals surface area contributed by atoms with E-state index in [1.165, 1.54) is 0 Å². The number of nitrogens with zero attached hydrogens (tertiary/aromatic N) is 2. The van der Waals surface area contributed by atoms with Gasteiger partial charge in [0.05, 0.1) is 12.6 Å². The topological polar surface area (TPSA) is 68.2 Å². The summed E-state index contributed by atoms with van der Waals surface area (Å²) in [5.41, 5.74) is -0.591. The van der Waals surface area contributed by atoms with Crippen molar-refractivity contribution in [2.45, 2.75) is 43.7 Å². The summed E-state index contributed by atoms with van der Waals surface area (Å²) in [4.78, 5) is 14.1. The van der Waals surface area contributed by atoms with Gasteiger partial charge < -0.3 is 10.6 Å². The molecule has 1 aliphatic carbocycles. The van der Waals surface area contributed by atoms with Gasteiger partial charge in [0, 0.05) is 12.6 Å². The van der Waals surface area contributed by atoms with Gasteiger partial charge in [0.15, 0.2) is 0 Å². The molecule has 100 valence electrons. The molecule has 2 N–H and O–H groups in total. The van der Waals surface area contributed by atoms with Gasteiger partial charge in [-0.25, -0.2) is 0 Å². The molecule has 0 bridgehead atoms. The Morgan fingerprint density at radius 2 is 2.28 bits per heavy atom. The minimum atomic E-state index is -0.591. The first-order chi connectivity index (χ1) is 8.65. The monoisotopic (exact) mass is 250 g/mol. The fourth-order valence-electron chi connectivity index (χ4n) is 2.92. The standard InChI is InChI=1S/C13H22N4O/c1-17(11-4-7-15-8-11)9-12(18)16-13(10-14)5-2-3-6-13/h11,15H,2-9H2,1H3,(H,16,18). The van der Waals surface area contributed by atoms with Crippen LogP contribution in [-0.2, 0) is 4.79 Å². The SMILES string of the molecule is CN(CC(=O)NC1(C#N)CCCC1)C1CCNC1. The summed E-state index contributed by atoms with van der Waals surface area (Å²) in [6.07, 6.45) is 4.76. The first-order valence-corrected chi connectivity index (χ1v) is 6.78. The molecule has 1 unspecified atom stereocenters. The molecule has 0 radical (unpaired) electrons. The molecule has 0 aromatic heterocycles. The Bertz CT molecular complexity index is 337. The molecule has 1 saturated heterocycles. The molecule has 2 rings (SSSR count). The zero-order chi connectivity index (χ0) is 13.0. The van der Waals surface area contributed by atoms with Gasteiger partial charge in [0.2, 0.25) is 5.91 Å². The van der Waals surface area contributed by atoms with Gasteiger partial charge in [-0.05, 0) is 45.7 Å². The Balaban J connectivity index is 1.82. The molecule has 1 aliphatic heterocycles. The van der Waals surface area contributed by atoms with E-state index in [1.54, 1.807) is 0 Å². The van der Waals surface area contributed by atoms with Crippen LogP contribution in [0.1, 0.15) is 32.1 Å². The maximum Gasteiger partial charge on any atom is 0.235 e. The molecule has 18 heavy (non-hydrogen) atoms. The first-order valence-electron chi connectivity index (χ1n) is 6.78. The number of amides is 1. The van der Waals surface area contributed by atoms with E-state index in [0.717, 1.165) is 45.2 Å². The molecule has 2 fully saturated rings. The lowest BCUT2D eigenvalue weighted by molar-refractivity contribution is -0.123. The van der Waals surface area contributed by atoms with Crippen LogP contribution >= 0.6 is 0 Å². The van der Waals surface area contributed by atoms with E-state index in [1.807, 2.05) is 7.05 Å². The van der Waals surface area contributed by atoms with Crippen molar-refractivity contribution >= 4 is 5.91 Å². The van der Waals surface area contributed by atoms with Gasteiger partial charge >= 0.3 is 0 Å². The van der Waals surface area contributed by atoms with Crippen molar-refractivity contribution < 1.29 is 4.79 Å². The molecular weight excluding hydrogens is 228 g/mol. The smallest absolute Gasteiger partial charge is 0.235 e. The summed E-state index contributed by atoms with van der Waals surface area (Å²) in [7, 11) is 1.98. The van der Waals surface area contributed by atoms with E-state index in [4.69, 9.17) is 0 Å². The van der Waals surface area contributed by atoms with Gasteiger partial charge in [-0.1, -0.05) is 0 Å². The zero-order valence-corrected chi connectivity index (χ0v) is 11.0. The number of hydrogen-bond acceptors (Lipinski definition) is 4. The fraction of sp³-hybridized carbons (Fsp3) is 0.846. The lowest BCUT2D eigenvalue weighted by Gasteiger charge is -2.26. The Morgan fingerprint density at radius 1 is 1.56 bits per heavy atom. The van der Waals surface area contributed by atoms with Gasteiger partial charge in [-0.3, -0.25) is 9.69 Å². The van der Waals surface area contributed by atoms with Crippen LogP contribution in [0.2, 0.25) is 0 Å². The largest absolute Gasteiger partial charge is 0.337 e. The fourth-order valence-corrected chi connectivity index (χ4v) is 2.92. The average Bonchev–Trinajstić information content (AvgIpc) is 2.99. The summed E-state index contributed by atoms with van der Waals surface area (Å²) in [6.45, 7) is 2.36. The van der Waals surface area contributed by atoms with Crippen LogP contribution in [0.25, 0.3) is 0 Å². The van der Waals surface area contributed by atoms with Crippen LogP contribution in [0.15, 0.2) is 0 Å². The van der Waals surface area contributed by atoms with E-state index in [0.29, 0.717) is 12.6 Å². The highest BCUT2D eigenvalue weighted by Crippen LogP contribution is 2.28. The van der Waals surface area contributed by atoms with Crippen molar-refractivity contribution in [1.29, 1.82) is 5.26 Å². The Morgan fingerprint density at radius 3 is 2.83 bits per heavy atom. The number of likely N-dealkylation sites (N-methyl/N-ethyl adjacent to an activating group) is 1. The third-order valence-corrected chi connectivity index (χ3v) is 4.10. The highest BCUT2D eigenvalue weighted by Gasteiger charge is 2.35. The van der Waals surface area contributed by atoms with Crippen LogP contribution in [-0.4, -0.2) is 49.1 Å². The number of carbonyl (C=O) groups is 1. The third-order valence-electron chi connectivity index (χ3n) is 4.10. The van der Waals surface area contributed by atoms with Crippen LogP contribution in [0, 0.1) is 11.3 Å². The summed E-state index contributed by atoms with van der Waals surface area (Å²) in [6, 6.07) is 2.73. The third kappa shape index (κ3) is 3.01. The van der Waals surface area contributed by atoms with Crippen molar-refractivity contribution in [3.05, 3.63) is 0 Å². The second-order valence-corrected chi connectivity index (χ2v) is 5.51. The predicted molar refractivity (Wildman–Crippen MR) is 68.9 cm³/mol. The summed E-state index contributed by atoms with van der Waals surface area (Å²) in [5.74, 6) is -0.0205. The van der Waals surface area contributed by atoms with E-state index >= 15 is 0 Å². The van der Waals surface area contributed by atoms with Gasteiger partial charge in [0.25, 0.3) is 0 Å². The maximum atomic E-state index is 12.0. The zero-order valence-electron chi connectivity index (χ0n) is 11.0. The molecule has 1 heterocycles. The van der Waals surface area contributed by atoms with Crippen LogP contribution < -0.4 is 10.6 Å². The number of carbonyl (C=O) groups excluding carboxylic acids is 1. The molecule has 1 saturated carbocycles. The van der Waals surface area contributed by atoms with Crippen molar-refractivity contribution in [3.8, 4) is 6.07 Å². The van der Waals surface area contributed by atoms with Gasteiger partial charge in [0.1, 0.15) is 5.54 Å². The lowest BCUT2D eigenvalue weighted by atomic mass is 10.00. The number of nitrogens with one attached hydrogen (secondary N) is 2. The van der Waals surface area contributed by atoms with E-state index in [2.05, 4.69) is 21.6 Å². The highest BCUT2D eigenvalue weighted by molar-refractivity contribution is 5.79. The molecule has 2 aliphatic rings.